The van der Waals surface area contributed by atoms with Gasteiger partial charge >= 0.3 is 6.01 Å². The van der Waals surface area contributed by atoms with Crippen molar-refractivity contribution < 1.29 is 13.9 Å². The number of carbonyl (C=O) groups is 1. The van der Waals surface area contributed by atoms with Gasteiger partial charge in [0.25, 0.3) is 0 Å². The molecule has 2 aromatic carbocycles. The number of aryl methyl sites for hydroxylation is 1. The second-order valence-electron chi connectivity index (χ2n) is 11.7. The minimum Gasteiger partial charge on any atom is -0.462 e. The van der Waals surface area contributed by atoms with Gasteiger partial charge < -0.3 is 24.3 Å². The van der Waals surface area contributed by atoms with Gasteiger partial charge in [-0.1, -0.05) is 36.4 Å². The zero-order valence-corrected chi connectivity index (χ0v) is 25.2. The number of ether oxygens (including phenoxy) is 1. The molecule has 0 saturated carbocycles. The van der Waals surface area contributed by atoms with Crippen molar-refractivity contribution in [2.24, 2.45) is 0 Å². The van der Waals surface area contributed by atoms with Crippen molar-refractivity contribution in [3.8, 4) is 17.1 Å². The molecule has 2 atom stereocenters. The van der Waals surface area contributed by atoms with Gasteiger partial charge in [0.05, 0.1) is 5.02 Å². The van der Waals surface area contributed by atoms with Gasteiger partial charge in [-0.2, -0.15) is 9.97 Å². The normalized spacial score (nSPS) is 20.6. The van der Waals surface area contributed by atoms with Crippen LogP contribution in [0.4, 0.5) is 10.2 Å². The molecule has 6 rings (SSSR count). The topological polar surface area (TPSA) is 66.2 Å². The standard InChI is InChI=1S/C33H36ClFN6O2/c1-4-28(42)41-16-15-40(19-23(41)18-36-2)32-26-17-27(34)29(25-13-7-10-21-9-5-6-12-24(21)25)30(35)31(26)37-33(38-32)43-20-22-11-8-14-39(22)3/h4,7,10,13,17,22-23H,1,5-6,8-9,11-12,14-16,18-20H2,3H3/t22-,23-/m0/s1. The van der Waals surface area contributed by atoms with E-state index in [1.54, 1.807) is 11.0 Å². The lowest BCUT2D eigenvalue weighted by atomic mass is 9.85. The Morgan fingerprint density at radius 2 is 2.05 bits per heavy atom. The van der Waals surface area contributed by atoms with Crippen LogP contribution in [0.5, 0.6) is 6.01 Å². The third kappa shape index (κ3) is 5.66. The van der Waals surface area contributed by atoms with E-state index in [2.05, 4.69) is 34.4 Å². The summed E-state index contributed by atoms with van der Waals surface area (Å²) in [7, 11) is 2.07. The average Bonchev–Trinajstić information content (AvgIpc) is 3.44. The Morgan fingerprint density at radius 3 is 2.81 bits per heavy atom. The fourth-order valence-corrected chi connectivity index (χ4v) is 7.10. The molecule has 0 bridgehead atoms. The average molecular weight is 603 g/mol. The molecule has 1 aliphatic carbocycles. The highest BCUT2D eigenvalue weighted by molar-refractivity contribution is 6.34. The van der Waals surface area contributed by atoms with E-state index in [4.69, 9.17) is 27.9 Å². The van der Waals surface area contributed by atoms with Crippen LogP contribution < -0.4 is 9.64 Å². The number of hydrogen-bond donors (Lipinski definition) is 0. The van der Waals surface area contributed by atoms with Gasteiger partial charge in [-0.3, -0.25) is 4.79 Å². The minimum absolute atomic E-state index is 0.108. The Bertz CT molecular complexity index is 1610. The largest absolute Gasteiger partial charge is 0.462 e. The SMILES string of the molecule is [C-]#[N+]C[C@H]1CN(c2nc(OC[C@@H]3CCCN3C)nc3c(F)c(-c4cccc5c4CCCC5)c(Cl)cc23)CCN1C(=O)C=C. The Balaban J connectivity index is 1.46. The third-order valence-electron chi connectivity index (χ3n) is 9.13. The van der Waals surface area contributed by atoms with Crippen molar-refractivity contribution >= 4 is 34.2 Å². The van der Waals surface area contributed by atoms with Crippen molar-refractivity contribution in [1.29, 1.82) is 0 Å². The molecule has 43 heavy (non-hydrogen) atoms. The molecule has 2 aliphatic heterocycles. The van der Waals surface area contributed by atoms with E-state index >= 15 is 4.39 Å². The number of carbonyl (C=O) groups excluding carboxylic acids is 1. The first-order valence-electron chi connectivity index (χ1n) is 15.0. The molecule has 1 aromatic heterocycles. The summed E-state index contributed by atoms with van der Waals surface area (Å²) in [6, 6.07) is 7.77. The van der Waals surface area contributed by atoms with Gasteiger partial charge in [0.2, 0.25) is 12.5 Å². The number of benzene rings is 2. The van der Waals surface area contributed by atoms with Crippen LogP contribution in [0.25, 0.3) is 26.9 Å². The second kappa shape index (κ2) is 12.5. The van der Waals surface area contributed by atoms with E-state index in [1.807, 2.05) is 17.0 Å². The molecule has 224 valence electrons. The Hall–Kier alpha value is -3.74. The number of aromatic nitrogens is 2. The molecule has 1 amide bonds. The zero-order valence-electron chi connectivity index (χ0n) is 24.5. The zero-order chi connectivity index (χ0) is 30.1. The highest BCUT2D eigenvalue weighted by atomic mass is 35.5. The lowest BCUT2D eigenvalue weighted by Gasteiger charge is -2.39. The molecule has 2 saturated heterocycles. The summed E-state index contributed by atoms with van der Waals surface area (Å²) in [6.07, 6.45) is 7.43. The first-order chi connectivity index (χ1) is 20.9. The molecular weight excluding hydrogens is 567 g/mol. The molecule has 0 unspecified atom stereocenters. The van der Waals surface area contributed by atoms with Gasteiger partial charge in [-0.25, -0.2) is 11.0 Å². The highest BCUT2D eigenvalue weighted by Gasteiger charge is 2.34. The monoisotopic (exact) mass is 602 g/mol. The molecule has 2 fully saturated rings. The number of nitrogens with zero attached hydrogens (tertiary/aromatic N) is 6. The van der Waals surface area contributed by atoms with E-state index < -0.39 is 5.82 Å². The summed E-state index contributed by atoms with van der Waals surface area (Å²) in [5, 5.41) is 0.777. The number of hydrogen-bond acceptors (Lipinski definition) is 6. The second-order valence-corrected chi connectivity index (χ2v) is 12.1. The predicted octanol–water partition coefficient (Wildman–Crippen LogP) is 5.56. The first-order valence-corrected chi connectivity index (χ1v) is 15.4. The van der Waals surface area contributed by atoms with Gasteiger partial charge in [0.1, 0.15) is 24.0 Å². The first kappa shape index (κ1) is 29.3. The van der Waals surface area contributed by atoms with E-state index in [0.29, 0.717) is 48.0 Å². The van der Waals surface area contributed by atoms with E-state index in [0.717, 1.165) is 56.2 Å². The summed E-state index contributed by atoms with van der Waals surface area (Å²) in [5.74, 6) is -0.218. The van der Waals surface area contributed by atoms with Gasteiger partial charge in [0, 0.05) is 36.6 Å². The van der Waals surface area contributed by atoms with Crippen LogP contribution in [0.15, 0.2) is 36.9 Å². The number of piperazine rings is 1. The van der Waals surface area contributed by atoms with Crippen LogP contribution in [0.3, 0.4) is 0 Å². The quantitative estimate of drug-likeness (QED) is 0.260. The van der Waals surface area contributed by atoms with E-state index in [1.165, 1.54) is 11.6 Å². The number of amides is 1. The van der Waals surface area contributed by atoms with E-state index in [9.17, 15) is 4.79 Å². The molecule has 8 nitrogen and oxygen atoms in total. The Labute approximate surface area is 256 Å². The number of halogens is 2. The van der Waals surface area contributed by atoms with Crippen LogP contribution >= 0.6 is 11.6 Å². The molecule has 0 radical (unpaired) electrons. The summed E-state index contributed by atoms with van der Waals surface area (Å²) in [5.41, 5.74) is 3.70. The van der Waals surface area contributed by atoms with Crippen molar-refractivity contribution in [3.63, 3.8) is 0 Å². The number of rotatable bonds is 7. The molecule has 3 heterocycles. The predicted molar refractivity (Wildman–Crippen MR) is 167 cm³/mol. The number of likely N-dealkylation sites (N-methyl/N-ethyl adjacent to an activating group) is 1. The molecular formula is C33H36ClFN6O2. The molecule has 10 heteroatoms. The van der Waals surface area contributed by atoms with Crippen molar-refractivity contribution in [1.82, 2.24) is 19.8 Å². The lowest BCUT2D eigenvalue weighted by Crippen LogP contribution is -2.56. The van der Waals surface area contributed by atoms with Crippen LogP contribution in [0.2, 0.25) is 5.02 Å². The van der Waals surface area contributed by atoms with Gasteiger partial charge in [-0.15, -0.1) is 0 Å². The molecule has 3 aromatic rings. The van der Waals surface area contributed by atoms with Crippen molar-refractivity contribution in [2.45, 2.75) is 50.6 Å². The molecule has 0 N–H and O–H groups in total. The third-order valence-corrected chi connectivity index (χ3v) is 9.42. The summed E-state index contributed by atoms with van der Waals surface area (Å²) < 4.78 is 22.9. The molecule has 0 spiro atoms. The summed E-state index contributed by atoms with van der Waals surface area (Å²) in [6.45, 7) is 13.8. The fraction of sp³-hybridized carbons (Fsp3) is 0.455. The van der Waals surface area contributed by atoms with Crippen LogP contribution in [-0.4, -0.2) is 84.1 Å². The highest BCUT2D eigenvalue weighted by Crippen LogP contribution is 2.42. The van der Waals surface area contributed by atoms with E-state index in [-0.39, 0.29) is 36.1 Å². The smallest absolute Gasteiger partial charge is 0.319 e. The number of fused-ring (bicyclic) bond motifs is 2. The number of anilines is 1. The fourth-order valence-electron chi connectivity index (χ4n) is 6.81. The van der Waals surface area contributed by atoms with Gasteiger partial charge in [-0.05, 0) is 81.0 Å². The Morgan fingerprint density at radius 1 is 1.21 bits per heavy atom. The summed E-state index contributed by atoms with van der Waals surface area (Å²) >= 11 is 6.91. The molecule has 3 aliphatic rings. The number of likely N-dealkylation sites (tertiary alicyclic amines) is 1. The maximum absolute atomic E-state index is 16.8. The minimum atomic E-state index is -0.494. The van der Waals surface area contributed by atoms with Crippen LogP contribution in [0, 0.1) is 12.4 Å². The maximum Gasteiger partial charge on any atom is 0.319 e. The van der Waals surface area contributed by atoms with Crippen molar-refractivity contribution in [2.75, 3.05) is 51.3 Å². The van der Waals surface area contributed by atoms with Gasteiger partial charge in [0.15, 0.2) is 5.82 Å². The van der Waals surface area contributed by atoms with Crippen LogP contribution in [-0.2, 0) is 17.6 Å². The van der Waals surface area contributed by atoms with Crippen molar-refractivity contribution in [3.05, 3.63) is 70.3 Å². The van der Waals surface area contributed by atoms with Crippen LogP contribution in [0.1, 0.15) is 36.8 Å². The lowest BCUT2D eigenvalue weighted by molar-refractivity contribution is -0.128. The summed E-state index contributed by atoms with van der Waals surface area (Å²) in [4.78, 5) is 31.4. The Kier molecular flexibility index (Phi) is 8.51. The maximum atomic E-state index is 16.8.